The molecule has 2 aromatic heterocycles. The molecule has 0 radical (unpaired) electrons. The molecule has 3 rings (SSSR count). The van der Waals surface area contributed by atoms with E-state index in [4.69, 9.17) is 0 Å². The first-order valence-corrected chi connectivity index (χ1v) is 8.73. The largest absolute Gasteiger partial charge is 0.424 e. The number of aryl methyl sites for hydroxylation is 1. The van der Waals surface area contributed by atoms with Crippen LogP contribution in [0.4, 0.5) is 18.3 Å². The molecule has 0 aromatic carbocycles. The predicted octanol–water partition coefficient (Wildman–Crippen LogP) is 2.96. The Balaban J connectivity index is 1.75. The molecule has 130 valence electrons. The lowest BCUT2D eigenvalue weighted by Gasteiger charge is -2.27. The second kappa shape index (κ2) is 6.05. The summed E-state index contributed by atoms with van der Waals surface area (Å²) >= 11 is 1.80. The van der Waals surface area contributed by atoms with Crippen LogP contribution in [-0.4, -0.2) is 32.4 Å². The molecule has 11 heteroatoms. The van der Waals surface area contributed by atoms with Gasteiger partial charge in [0, 0.05) is 17.0 Å². The number of aromatic nitrogens is 3. The maximum Gasteiger partial charge on any atom is 0.424 e. The van der Waals surface area contributed by atoms with Gasteiger partial charge >= 0.3 is 6.18 Å². The van der Waals surface area contributed by atoms with Crippen molar-refractivity contribution in [1.29, 1.82) is 0 Å². The summed E-state index contributed by atoms with van der Waals surface area (Å²) in [7, 11) is 0. The van der Waals surface area contributed by atoms with Crippen molar-refractivity contribution in [3.8, 4) is 0 Å². The summed E-state index contributed by atoms with van der Waals surface area (Å²) in [5, 5.41) is 21.7. The van der Waals surface area contributed by atoms with Crippen molar-refractivity contribution in [2.75, 3.05) is 5.32 Å². The van der Waals surface area contributed by atoms with Gasteiger partial charge in [-0.15, -0.1) is 21.5 Å². The highest BCUT2D eigenvalue weighted by atomic mass is 32.1. The van der Waals surface area contributed by atoms with E-state index in [0.29, 0.717) is 22.9 Å². The summed E-state index contributed by atoms with van der Waals surface area (Å²) in [4.78, 5) is 15.7. The van der Waals surface area contributed by atoms with Crippen LogP contribution in [0.2, 0.25) is 0 Å². The molecule has 0 spiro atoms. The highest BCUT2D eigenvalue weighted by Gasteiger charge is 2.58. The fourth-order valence-corrected chi connectivity index (χ4v) is 3.86. The van der Waals surface area contributed by atoms with Crippen molar-refractivity contribution in [1.82, 2.24) is 15.2 Å². The van der Waals surface area contributed by atoms with Crippen LogP contribution >= 0.6 is 22.7 Å². The molecule has 2 heterocycles. The Morgan fingerprint density at radius 3 is 2.67 bits per heavy atom. The third-order valence-corrected chi connectivity index (χ3v) is 5.58. The van der Waals surface area contributed by atoms with E-state index in [1.807, 2.05) is 0 Å². The quantitative estimate of drug-likeness (QED) is 0.835. The molecule has 0 bridgehead atoms. The summed E-state index contributed by atoms with van der Waals surface area (Å²) in [5.41, 5.74) is -2.99. The van der Waals surface area contributed by atoms with Crippen molar-refractivity contribution in [3.05, 3.63) is 21.1 Å². The summed E-state index contributed by atoms with van der Waals surface area (Å²) in [6.07, 6.45) is -4.23. The molecule has 1 aliphatic rings. The number of amides is 1. The zero-order valence-corrected chi connectivity index (χ0v) is 14.1. The molecule has 1 amide bonds. The number of anilines is 1. The Morgan fingerprint density at radius 2 is 2.12 bits per heavy atom. The second-order valence-corrected chi connectivity index (χ2v) is 7.46. The lowest BCUT2D eigenvalue weighted by atomic mass is 9.99. The van der Waals surface area contributed by atoms with Gasteiger partial charge < -0.3 is 10.4 Å². The molecule has 1 atom stereocenters. The van der Waals surface area contributed by atoms with Crippen molar-refractivity contribution in [2.24, 2.45) is 0 Å². The topological polar surface area (TPSA) is 88.0 Å². The number of hydrogen-bond donors (Lipinski definition) is 2. The highest BCUT2D eigenvalue weighted by molar-refractivity contribution is 7.15. The first kappa shape index (κ1) is 17.2. The second-order valence-electron chi connectivity index (χ2n) is 5.60. The van der Waals surface area contributed by atoms with E-state index in [2.05, 4.69) is 20.5 Å². The van der Waals surface area contributed by atoms with Gasteiger partial charge in [0.15, 0.2) is 0 Å². The molecular weight excluding hydrogens is 365 g/mol. The van der Waals surface area contributed by atoms with Crippen LogP contribution in [0.3, 0.4) is 0 Å². The number of carbonyl (C=O) groups excluding carboxylic acids is 1. The van der Waals surface area contributed by atoms with Crippen LogP contribution in [-0.2, 0) is 10.4 Å². The zero-order chi connectivity index (χ0) is 17.5. The number of alkyl halides is 3. The Morgan fingerprint density at radius 1 is 1.42 bits per heavy atom. The fraction of sp³-hybridized carbons (Fsp3) is 0.538. The number of halogens is 3. The van der Waals surface area contributed by atoms with E-state index < -0.39 is 29.1 Å². The van der Waals surface area contributed by atoms with Gasteiger partial charge in [-0.25, -0.2) is 4.98 Å². The number of aliphatic hydroxyl groups is 1. The van der Waals surface area contributed by atoms with Crippen LogP contribution in [0.15, 0.2) is 5.38 Å². The van der Waals surface area contributed by atoms with E-state index in [-0.39, 0.29) is 5.13 Å². The average Bonchev–Trinajstić information content (AvgIpc) is 3.06. The lowest BCUT2D eigenvalue weighted by molar-refractivity contribution is -0.266. The van der Waals surface area contributed by atoms with Crippen LogP contribution in [0.5, 0.6) is 0 Å². The van der Waals surface area contributed by atoms with E-state index in [1.54, 1.807) is 0 Å². The lowest BCUT2D eigenvalue weighted by Crippen LogP contribution is -2.45. The van der Waals surface area contributed by atoms with E-state index in [9.17, 15) is 23.1 Å². The van der Waals surface area contributed by atoms with Gasteiger partial charge in [-0.2, -0.15) is 13.2 Å². The van der Waals surface area contributed by atoms with Gasteiger partial charge in [0.05, 0.1) is 6.42 Å². The molecule has 6 nitrogen and oxygen atoms in total. The van der Waals surface area contributed by atoms with Crippen LogP contribution < -0.4 is 5.32 Å². The minimum Gasteiger partial charge on any atom is -0.374 e. The summed E-state index contributed by atoms with van der Waals surface area (Å²) in [5.74, 6) is -0.667. The standard InChI is InChI=1S/C13H13F3N4O2S2/c1-6-5-23-10(17-6)12(22,13(14,15)16)4-8(21)18-11-20-19-9(24-11)7-2-3-7/h5,7,22H,2-4H2,1H3,(H,18,20,21). The zero-order valence-electron chi connectivity index (χ0n) is 12.4. The van der Waals surface area contributed by atoms with Crippen molar-refractivity contribution >= 4 is 33.7 Å². The SMILES string of the molecule is Cc1csc(C(O)(CC(=O)Nc2nnc(C3CC3)s2)C(F)(F)F)n1. The number of nitrogens with one attached hydrogen (secondary N) is 1. The molecule has 1 saturated carbocycles. The van der Waals surface area contributed by atoms with E-state index in [0.717, 1.165) is 29.2 Å². The van der Waals surface area contributed by atoms with Gasteiger partial charge in [0.1, 0.15) is 10.0 Å². The number of rotatable bonds is 5. The minimum atomic E-state index is -5.03. The van der Waals surface area contributed by atoms with Crippen LogP contribution in [0, 0.1) is 6.92 Å². The summed E-state index contributed by atoms with van der Waals surface area (Å²) in [6, 6.07) is 0. The highest BCUT2D eigenvalue weighted by Crippen LogP contribution is 2.44. The smallest absolute Gasteiger partial charge is 0.374 e. The molecule has 1 fully saturated rings. The third kappa shape index (κ3) is 3.42. The molecule has 2 aromatic rings. The van der Waals surface area contributed by atoms with Crippen LogP contribution in [0.25, 0.3) is 0 Å². The number of nitrogens with zero attached hydrogens (tertiary/aromatic N) is 3. The number of carbonyl (C=O) groups is 1. The van der Waals surface area contributed by atoms with Gasteiger partial charge in [-0.1, -0.05) is 11.3 Å². The molecule has 1 unspecified atom stereocenters. The Kier molecular flexibility index (Phi) is 4.34. The Bertz CT molecular complexity index is 756. The van der Waals surface area contributed by atoms with Crippen LogP contribution in [0.1, 0.15) is 40.9 Å². The molecule has 2 N–H and O–H groups in total. The van der Waals surface area contributed by atoms with Crippen molar-refractivity contribution in [2.45, 2.75) is 43.9 Å². The predicted molar refractivity (Wildman–Crippen MR) is 81.9 cm³/mol. The summed E-state index contributed by atoms with van der Waals surface area (Å²) in [6.45, 7) is 1.51. The Hall–Kier alpha value is -1.59. The third-order valence-electron chi connectivity index (χ3n) is 3.47. The van der Waals surface area contributed by atoms with Gasteiger partial charge in [0.2, 0.25) is 16.6 Å². The fourth-order valence-electron chi connectivity index (χ4n) is 2.02. The first-order chi connectivity index (χ1) is 11.2. The molecule has 0 saturated heterocycles. The van der Waals surface area contributed by atoms with E-state index >= 15 is 0 Å². The number of hydrogen-bond acceptors (Lipinski definition) is 7. The normalized spacial score (nSPS) is 17.5. The first-order valence-electron chi connectivity index (χ1n) is 7.04. The van der Waals surface area contributed by atoms with Gasteiger partial charge in [-0.3, -0.25) is 4.79 Å². The molecular formula is C13H13F3N4O2S2. The van der Waals surface area contributed by atoms with Crippen molar-refractivity contribution in [3.63, 3.8) is 0 Å². The number of thiazole rings is 1. The average molecular weight is 378 g/mol. The maximum absolute atomic E-state index is 13.3. The Labute approximate surface area is 142 Å². The van der Waals surface area contributed by atoms with E-state index in [1.165, 1.54) is 12.3 Å². The minimum absolute atomic E-state index is 0.127. The molecule has 1 aliphatic carbocycles. The summed E-state index contributed by atoms with van der Waals surface area (Å²) < 4.78 is 40.0. The van der Waals surface area contributed by atoms with Gasteiger partial charge in [0.25, 0.3) is 0 Å². The maximum atomic E-state index is 13.3. The van der Waals surface area contributed by atoms with Gasteiger partial charge in [-0.05, 0) is 19.8 Å². The molecule has 24 heavy (non-hydrogen) atoms. The monoisotopic (exact) mass is 378 g/mol. The van der Waals surface area contributed by atoms with Crippen molar-refractivity contribution < 1.29 is 23.1 Å². The molecule has 0 aliphatic heterocycles.